The molecule has 19 heavy (non-hydrogen) atoms. The standard InChI is InChI=1S/C12H21NO6/c1-6(2)8(11(16)18-5)13-12(17)19-9(7(3)4)10(14)15/h6-9H,1-5H3,(H,13,17)(H,14,15)/t8-,9-/m0/s1. The van der Waals surface area contributed by atoms with Crippen LogP contribution in [0.25, 0.3) is 0 Å². The first-order valence-corrected chi connectivity index (χ1v) is 5.98. The molecule has 0 aliphatic carbocycles. The van der Waals surface area contributed by atoms with Crippen molar-refractivity contribution in [2.45, 2.75) is 39.8 Å². The number of esters is 1. The quantitative estimate of drug-likeness (QED) is 0.702. The Morgan fingerprint density at radius 3 is 1.89 bits per heavy atom. The van der Waals surface area contributed by atoms with Crippen LogP contribution in [0.15, 0.2) is 0 Å². The van der Waals surface area contributed by atoms with Crippen LogP contribution in [-0.4, -0.2) is 42.4 Å². The Bertz CT molecular complexity index is 339. The Kier molecular flexibility index (Phi) is 6.89. The Morgan fingerprint density at radius 1 is 1.05 bits per heavy atom. The van der Waals surface area contributed by atoms with E-state index in [1.165, 1.54) is 7.11 Å². The summed E-state index contributed by atoms with van der Waals surface area (Å²) in [6.07, 6.45) is -2.21. The van der Waals surface area contributed by atoms with Crippen molar-refractivity contribution in [2.75, 3.05) is 7.11 Å². The van der Waals surface area contributed by atoms with Crippen LogP contribution in [0.4, 0.5) is 4.79 Å². The number of alkyl carbamates (subject to hydrolysis) is 1. The molecule has 0 bridgehead atoms. The van der Waals surface area contributed by atoms with Crippen LogP contribution >= 0.6 is 0 Å². The lowest BCUT2D eigenvalue weighted by Gasteiger charge is -2.22. The highest BCUT2D eigenvalue weighted by Gasteiger charge is 2.30. The molecule has 0 aromatic rings. The maximum Gasteiger partial charge on any atom is 0.408 e. The van der Waals surface area contributed by atoms with Crippen LogP contribution in [0.1, 0.15) is 27.7 Å². The monoisotopic (exact) mass is 275 g/mol. The van der Waals surface area contributed by atoms with Crippen LogP contribution in [0.3, 0.4) is 0 Å². The van der Waals surface area contributed by atoms with E-state index in [4.69, 9.17) is 9.84 Å². The number of carboxylic acids is 1. The third-order valence-corrected chi connectivity index (χ3v) is 2.48. The fourth-order valence-corrected chi connectivity index (χ4v) is 1.37. The molecule has 0 heterocycles. The Labute approximate surface area is 112 Å². The molecule has 0 aliphatic heterocycles. The maximum atomic E-state index is 11.6. The van der Waals surface area contributed by atoms with Gasteiger partial charge in [-0.15, -0.1) is 0 Å². The minimum atomic E-state index is -1.26. The van der Waals surface area contributed by atoms with Gasteiger partial charge in [0.1, 0.15) is 6.04 Å². The molecular weight excluding hydrogens is 254 g/mol. The molecule has 1 amide bonds. The second-order valence-corrected chi connectivity index (χ2v) is 4.80. The molecule has 0 aromatic heterocycles. The Hall–Kier alpha value is -1.79. The molecule has 110 valence electrons. The van der Waals surface area contributed by atoms with E-state index in [0.717, 1.165) is 0 Å². The number of amides is 1. The molecule has 0 aromatic carbocycles. The van der Waals surface area contributed by atoms with Gasteiger partial charge in [-0.3, -0.25) is 0 Å². The average molecular weight is 275 g/mol. The van der Waals surface area contributed by atoms with Crippen molar-refractivity contribution in [2.24, 2.45) is 11.8 Å². The molecule has 0 unspecified atom stereocenters. The van der Waals surface area contributed by atoms with E-state index in [1.54, 1.807) is 27.7 Å². The summed E-state index contributed by atoms with van der Waals surface area (Å²) in [4.78, 5) is 33.9. The number of methoxy groups -OCH3 is 1. The fourth-order valence-electron chi connectivity index (χ4n) is 1.37. The zero-order chi connectivity index (χ0) is 15.2. The largest absolute Gasteiger partial charge is 0.478 e. The summed E-state index contributed by atoms with van der Waals surface area (Å²) in [7, 11) is 1.21. The molecule has 0 spiro atoms. The lowest BCUT2D eigenvalue weighted by molar-refractivity contribution is -0.149. The third-order valence-electron chi connectivity index (χ3n) is 2.48. The third kappa shape index (κ3) is 5.58. The Morgan fingerprint density at radius 2 is 1.58 bits per heavy atom. The first-order valence-electron chi connectivity index (χ1n) is 5.98. The normalized spacial score (nSPS) is 13.8. The number of hydrogen-bond donors (Lipinski definition) is 2. The van der Waals surface area contributed by atoms with Gasteiger partial charge in [0.25, 0.3) is 0 Å². The van der Waals surface area contributed by atoms with Crippen LogP contribution in [0.2, 0.25) is 0 Å². The highest BCUT2D eigenvalue weighted by atomic mass is 16.6. The van der Waals surface area contributed by atoms with E-state index < -0.39 is 30.2 Å². The molecule has 2 atom stereocenters. The number of carbonyl (C=O) groups excluding carboxylic acids is 2. The molecule has 7 nitrogen and oxygen atoms in total. The van der Waals surface area contributed by atoms with Crippen LogP contribution < -0.4 is 5.32 Å². The zero-order valence-corrected chi connectivity index (χ0v) is 11.8. The summed E-state index contributed by atoms with van der Waals surface area (Å²) >= 11 is 0. The van der Waals surface area contributed by atoms with Gasteiger partial charge in [-0.2, -0.15) is 0 Å². The summed E-state index contributed by atoms with van der Waals surface area (Å²) in [5, 5.41) is 11.2. The number of carbonyl (C=O) groups is 3. The van der Waals surface area contributed by atoms with E-state index in [-0.39, 0.29) is 11.8 Å². The predicted octanol–water partition coefficient (Wildman–Crippen LogP) is 1.02. The number of hydrogen-bond acceptors (Lipinski definition) is 5. The van der Waals surface area contributed by atoms with Crippen molar-refractivity contribution in [1.82, 2.24) is 5.32 Å². The predicted molar refractivity (Wildman–Crippen MR) is 66.5 cm³/mol. The molecule has 0 saturated heterocycles. The van der Waals surface area contributed by atoms with E-state index in [2.05, 4.69) is 10.1 Å². The van der Waals surface area contributed by atoms with Crippen LogP contribution in [0.5, 0.6) is 0 Å². The molecule has 0 radical (unpaired) electrons. The van der Waals surface area contributed by atoms with E-state index >= 15 is 0 Å². The summed E-state index contributed by atoms with van der Waals surface area (Å²) < 4.78 is 9.34. The fraction of sp³-hybridized carbons (Fsp3) is 0.750. The van der Waals surface area contributed by atoms with Crippen molar-refractivity contribution in [3.05, 3.63) is 0 Å². The van der Waals surface area contributed by atoms with Gasteiger partial charge in [0.2, 0.25) is 6.10 Å². The van der Waals surface area contributed by atoms with Crippen molar-refractivity contribution >= 4 is 18.0 Å². The topological polar surface area (TPSA) is 102 Å². The van der Waals surface area contributed by atoms with Gasteiger partial charge >= 0.3 is 18.0 Å². The highest BCUT2D eigenvalue weighted by Crippen LogP contribution is 2.09. The van der Waals surface area contributed by atoms with E-state index in [0.29, 0.717) is 0 Å². The van der Waals surface area contributed by atoms with E-state index in [9.17, 15) is 14.4 Å². The van der Waals surface area contributed by atoms with Crippen molar-refractivity contribution in [3.63, 3.8) is 0 Å². The van der Waals surface area contributed by atoms with E-state index in [1.807, 2.05) is 0 Å². The van der Waals surface area contributed by atoms with Crippen LogP contribution in [-0.2, 0) is 19.1 Å². The first-order chi connectivity index (χ1) is 8.70. The van der Waals surface area contributed by atoms with Gasteiger partial charge < -0.3 is 19.9 Å². The molecule has 7 heteroatoms. The minimum absolute atomic E-state index is 0.206. The second kappa shape index (κ2) is 7.60. The van der Waals surface area contributed by atoms with Gasteiger partial charge in [0, 0.05) is 5.92 Å². The lowest BCUT2D eigenvalue weighted by atomic mass is 10.1. The van der Waals surface area contributed by atoms with Crippen molar-refractivity contribution in [3.8, 4) is 0 Å². The summed E-state index contributed by atoms with van der Waals surface area (Å²) in [5.41, 5.74) is 0. The number of rotatable bonds is 6. The highest BCUT2D eigenvalue weighted by molar-refractivity contribution is 5.83. The summed E-state index contributed by atoms with van der Waals surface area (Å²) in [6, 6.07) is -0.876. The second-order valence-electron chi connectivity index (χ2n) is 4.80. The Balaban J connectivity index is 4.66. The lowest BCUT2D eigenvalue weighted by Crippen LogP contribution is -2.47. The number of aliphatic carboxylic acids is 1. The molecule has 0 aliphatic rings. The number of nitrogens with one attached hydrogen (secondary N) is 1. The summed E-state index contributed by atoms with van der Waals surface area (Å²) in [5.74, 6) is -2.42. The molecule has 2 N–H and O–H groups in total. The molecular formula is C12H21NO6. The van der Waals surface area contributed by atoms with Gasteiger partial charge in [-0.1, -0.05) is 27.7 Å². The van der Waals surface area contributed by atoms with Crippen molar-refractivity contribution in [1.29, 1.82) is 0 Å². The molecule has 0 rings (SSSR count). The van der Waals surface area contributed by atoms with Crippen molar-refractivity contribution < 1.29 is 29.0 Å². The minimum Gasteiger partial charge on any atom is -0.478 e. The molecule has 0 fully saturated rings. The maximum absolute atomic E-state index is 11.6. The zero-order valence-electron chi connectivity index (χ0n) is 11.8. The number of ether oxygens (including phenoxy) is 2. The SMILES string of the molecule is COC(=O)[C@@H](NC(=O)O[C@H](C(=O)O)C(C)C)C(C)C. The number of carboxylic acid groups (broad SMARTS) is 1. The summed E-state index contributed by atoms with van der Waals surface area (Å²) in [6.45, 7) is 6.68. The van der Waals surface area contributed by atoms with Gasteiger partial charge in [-0.25, -0.2) is 14.4 Å². The van der Waals surface area contributed by atoms with Crippen LogP contribution in [0, 0.1) is 11.8 Å². The molecule has 0 saturated carbocycles. The average Bonchev–Trinajstić information content (AvgIpc) is 2.30. The van der Waals surface area contributed by atoms with Gasteiger partial charge in [0.15, 0.2) is 0 Å². The van der Waals surface area contributed by atoms with Gasteiger partial charge in [-0.05, 0) is 5.92 Å². The van der Waals surface area contributed by atoms with Gasteiger partial charge in [0.05, 0.1) is 7.11 Å². The smallest absolute Gasteiger partial charge is 0.408 e. The first kappa shape index (κ1) is 17.2.